The maximum atomic E-state index is 12.4. The van der Waals surface area contributed by atoms with Crippen LogP contribution in [0, 0.1) is 13.8 Å². The molecule has 0 aliphatic carbocycles. The van der Waals surface area contributed by atoms with Crippen molar-refractivity contribution in [3.8, 4) is 0 Å². The summed E-state index contributed by atoms with van der Waals surface area (Å²) in [5.74, 6) is -0.234. The molecular formula is C16H20N2O3S2. The van der Waals surface area contributed by atoms with Gasteiger partial charge in [-0.1, -0.05) is 6.92 Å². The number of carbonyl (C=O) groups is 1. The molecule has 0 radical (unpaired) electrons. The Morgan fingerprint density at radius 1 is 1.26 bits per heavy atom. The Labute approximate surface area is 140 Å². The average molecular weight is 352 g/mol. The third-order valence-electron chi connectivity index (χ3n) is 3.60. The second-order valence-corrected chi connectivity index (χ2v) is 8.68. The van der Waals surface area contributed by atoms with Crippen molar-refractivity contribution in [1.29, 1.82) is 0 Å². The quantitative estimate of drug-likeness (QED) is 0.897. The van der Waals surface area contributed by atoms with Crippen LogP contribution < -0.4 is 5.32 Å². The van der Waals surface area contributed by atoms with Crippen LogP contribution >= 0.6 is 11.3 Å². The zero-order chi connectivity index (χ0) is 17.2. The van der Waals surface area contributed by atoms with Crippen molar-refractivity contribution in [3.63, 3.8) is 0 Å². The number of nitrogens with zero attached hydrogens (tertiary/aromatic N) is 1. The highest BCUT2D eigenvalue weighted by molar-refractivity contribution is 7.90. The molecule has 0 spiro atoms. The first-order chi connectivity index (χ1) is 10.7. The van der Waals surface area contributed by atoms with E-state index < -0.39 is 9.84 Å². The van der Waals surface area contributed by atoms with Crippen molar-refractivity contribution in [1.82, 2.24) is 10.3 Å². The molecule has 1 aromatic carbocycles. The molecule has 0 aliphatic heterocycles. The number of thiazole rings is 1. The molecule has 0 aliphatic rings. The summed E-state index contributed by atoms with van der Waals surface area (Å²) >= 11 is 1.58. The Morgan fingerprint density at radius 2 is 1.87 bits per heavy atom. The first kappa shape index (κ1) is 17.6. The van der Waals surface area contributed by atoms with Crippen molar-refractivity contribution in [3.05, 3.63) is 45.4 Å². The van der Waals surface area contributed by atoms with Gasteiger partial charge in [-0.2, -0.15) is 0 Å². The third kappa shape index (κ3) is 4.17. The van der Waals surface area contributed by atoms with Crippen molar-refractivity contribution in [2.24, 2.45) is 0 Å². The van der Waals surface area contributed by atoms with Crippen LogP contribution in [0.5, 0.6) is 0 Å². The summed E-state index contributed by atoms with van der Waals surface area (Å²) in [5, 5.41) is 3.85. The molecule has 0 fully saturated rings. The Hall–Kier alpha value is -1.73. The molecule has 1 N–H and O–H groups in total. The van der Waals surface area contributed by atoms with Gasteiger partial charge >= 0.3 is 0 Å². The molecule has 1 heterocycles. The fraction of sp³-hybridized carbons (Fsp3) is 0.375. The van der Waals surface area contributed by atoms with Gasteiger partial charge in [0.2, 0.25) is 0 Å². The zero-order valence-corrected chi connectivity index (χ0v) is 15.2. The van der Waals surface area contributed by atoms with E-state index in [2.05, 4.69) is 10.3 Å². The summed E-state index contributed by atoms with van der Waals surface area (Å²) in [6.45, 7) is 5.95. The summed E-state index contributed by atoms with van der Waals surface area (Å²) < 4.78 is 22.9. The SMILES string of the molecule is CCC(NC(=O)c1ccc(S(C)(=O)=O)cc1)c1nc(C)c(C)s1. The lowest BCUT2D eigenvalue weighted by atomic mass is 10.1. The Bertz CT molecular complexity index is 789. The van der Waals surface area contributed by atoms with Crippen molar-refractivity contribution >= 4 is 27.1 Å². The van der Waals surface area contributed by atoms with Crippen LogP contribution in [-0.2, 0) is 9.84 Å². The molecule has 0 bridgehead atoms. The highest BCUT2D eigenvalue weighted by atomic mass is 32.2. The predicted molar refractivity (Wildman–Crippen MR) is 91.6 cm³/mol. The van der Waals surface area contributed by atoms with Crippen LogP contribution in [0.4, 0.5) is 0 Å². The second-order valence-electron chi connectivity index (χ2n) is 5.42. The maximum absolute atomic E-state index is 12.4. The lowest BCUT2D eigenvalue weighted by Gasteiger charge is -2.14. The number of aromatic nitrogens is 1. The average Bonchev–Trinajstić information content (AvgIpc) is 2.83. The normalized spacial score (nSPS) is 12.9. The minimum Gasteiger partial charge on any atom is -0.343 e. The Balaban J connectivity index is 2.16. The van der Waals surface area contributed by atoms with Gasteiger partial charge in [0.1, 0.15) is 5.01 Å². The highest BCUT2D eigenvalue weighted by Crippen LogP contribution is 2.25. The lowest BCUT2D eigenvalue weighted by Crippen LogP contribution is -2.28. The summed E-state index contributed by atoms with van der Waals surface area (Å²) in [4.78, 5) is 18.2. The van der Waals surface area contributed by atoms with Crippen LogP contribution in [0.25, 0.3) is 0 Å². The van der Waals surface area contributed by atoms with E-state index >= 15 is 0 Å². The molecule has 0 saturated carbocycles. The topological polar surface area (TPSA) is 76.1 Å². The molecule has 1 aromatic heterocycles. The molecule has 2 aromatic rings. The fourth-order valence-corrected chi connectivity index (χ4v) is 3.77. The number of amides is 1. The molecule has 0 saturated heterocycles. The maximum Gasteiger partial charge on any atom is 0.251 e. The predicted octanol–water partition coefficient (Wildman–Crippen LogP) is 3.04. The van der Waals surface area contributed by atoms with Gasteiger partial charge in [0.15, 0.2) is 9.84 Å². The summed E-state index contributed by atoms with van der Waals surface area (Å²) in [6, 6.07) is 5.80. The number of carbonyl (C=O) groups excluding carboxylic acids is 1. The molecule has 1 amide bonds. The number of rotatable bonds is 5. The molecule has 1 atom stereocenters. The summed E-state index contributed by atoms with van der Waals surface area (Å²) in [6.07, 6.45) is 1.88. The second kappa shape index (κ2) is 6.80. The summed E-state index contributed by atoms with van der Waals surface area (Å²) in [5.41, 5.74) is 1.41. The van der Waals surface area contributed by atoms with Gasteiger partial charge < -0.3 is 5.32 Å². The number of sulfone groups is 1. The van der Waals surface area contributed by atoms with Crippen LogP contribution in [0.15, 0.2) is 29.2 Å². The zero-order valence-electron chi connectivity index (χ0n) is 13.6. The molecule has 5 nitrogen and oxygen atoms in total. The molecule has 7 heteroatoms. The van der Waals surface area contributed by atoms with Gasteiger partial charge in [0, 0.05) is 16.7 Å². The number of benzene rings is 1. The van der Waals surface area contributed by atoms with E-state index in [9.17, 15) is 13.2 Å². The lowest BCUT2D eigenvalue weighted by molar-refractivity contribution is 0.0935. The highest BCUT2D eigenvalue weighted by Gasteiger charge is 2.18. The van der Waals surface area contributed by atoms with Gasteiger partial charge in [-0.05, 0) is 44.5 Å². The molecule has 2 rings (SSSR count). The smallest absolute Gasteiger partial charge is 0.251 e. The van der Waals surface area contributed by atoms with E-state index in [-0.39, 0.29) is 16.8 Å². The Morgan fingerprint density at radius 3 is 2.30 bits per heavy atom. The van der Waals surface area contributed by atoms with Crippen molar-refractivity contribution in [2.75, 3.05) is 6.26 Å². The minimum absolute atomic E-state index is 0.144. The third-order valence-corrected chi connectivity index (χ3v) is 5.92. The van der Waals surface area contributed by atoms with Crippen LogP contribution in [-0.4, -0.2) is 25.6 Å². The number of aryl methyl sites for hydroxylation is 2. The van der Waals surface area contributed by atoms with Gasteiger partial charge in [-0.25, -0.2) is 13.4 Å². The first-order valence-corrected chi connectivity index (χ1v) is 9.98. The van der Waals surface area contributed by atoms with Crippen molar-refractivity contribution in [2.45, 2.75) is 38.1 Å². The number of nitrogens with one attached hydrogen (secondary N) is 1. The van der Waals surface area contributed by atoms with E-state index in [1.54, 1.807) is 11.3 Å². The van der Waals surface area contributed by atoms with E-state index in [4.69, 9.17) is 0 Å². The first-order valence-electron chi connectivity index (χ1n) is 7.27. The number of hydrogen-bond acceptors (Lipinski definition) is 5. The molecule has 124 valence electrons. The fourth-order valence-electron chi connectivity index (χ4n) is 2.08. The van der Waals surface area contributed by atoms with Gasteiger partial charge in [0.05, 0.1) is 16.6 Å². The largest absolute Gasteiger partial charge is 0.343 e. The van der Waals surface area contributed by atoms with Gasteiger partial charge in [-0.3, -0.25) is 4.79 Å². The van der Waals surface area contributed by atoms with Crippen LogP contribution in [0.2, 0.25) is 0 Å². The van der Waals surface area contributed by atoms with Gasteiger partial charge in [-0.15, -0.1) is 11.3 Å². The summed E-state index contributed by atoms with van der Waals surface area (Å²) in [7, 11) is -3.26. The number of hydrogen-bond donors (Lipinski definition) is 1. The molecular weight excluding hydrogens is 332 g/mol. The standard InChI is InChI=1S/C16H20N2O3S2/c1-5-14(16-17-10(2)11(3)22-16)18-15(19)12-6-8-13(9-7-12)23(4,20)21/h6-9,14H,5H2,1-4H3,(H,18,19). The van der Waals surface area contributed by atoms with E-state index in [1.165, 1.54) is 24.3 Å². The molecule has 23 heavy (non-hydrogen) atoms. The van der Waals surface area contributed by atoms with Crippen LogP contribution in [0.1, 0.15) is 45.3 Å². The van der Waals surface area contributed by atoms with E-state index in [1.807, 2.05) is 20.8 Å². The van der Waals surface area contributed by atoms with Crippen LogP contribution in [0.3, 0.4) is 0 Å². The van der Waals surface area contributed by atoms with Gasteiger partial charge in [0.25, 0.3) is 5.91 Å². The van der Waals surface area contributed by atoms with E-state index in [0.717, 1.165) is 28.3 Å². The Kier molecular flexibility index (Phi) is 5.21. The minimum atomic E-state index is -3.26. The van der Waals surface area contributed by atoms with Crippen molar-refractivity contribution < 1.29 is 13.2 Å². The monoisotopic (exact) mass is 352 g/mol. The molecule has 1 unspecified atom stereocenters. The van der Waals surface area contributed by atoms with E-state index in [0.29, 0.717) is 5.56 Å².